The second-order valence-corrected chi connectivity index (χ2v) is 4.67. The minimum absolute atomic E-state index is 0.0968. The highest BCUT2D eigenvalue weighted by Crippen LogP contribution is 2.31. The van der Waals surface area contributed by atoms with Crippen LogP contribution in [0.4, 0.5) is 11.4 Å². The van der Waals surface area contributed by atoms with Gasteiger partial charge in [-0.25, -0.2) is 0 Å². The van der Waals surface area contributed by atoms with E-state index in [-0.39, 0.29) is 20.6 Å². The van der Waals surface area contributed by atoms with E-state index in [9.17, 15) is 30.6 Å². The second-order valence-electron chi connectivity index (χ2n) is 4.67. The number of hydrogen-bond donors (Lipinski definition) is 0. The van der Waals surface area contributed by atoms with Crippen molar-refractivity contribution in [3.8, 4) is 11.4 Å². The summed E-state index contributed by atoms with van der Waals surface area (Å²) >= 11 is 0. The van der Waals surface area contributed by atoms with Crippen LogP contribution < -0.4 is 9.46 Å². The van der Waals surface area contributed by atoms with E-state index in [1.807, 2.05) is 0 Å². The van der Waals surface area contributed by atoms with Crippen molar-refractivity contribution in [2.24, 2.45) is 0 Å². The summed E-state index contributed by atoms with van der Waals surface area (Å²) in [6, 6.07) is 2.15. The van der Waals surface area contributed by atoms with Gasteiger partial charge in [0, 0.05) is 23.3 Å². The van der Waals surface area contributed by atoms with E-state index in [4.69, 9.17) is 0 Å². The molecule has 2 rings (SSSR count). The van der Waals surface area contributed by atoms with Gasteiger partial charge in [-0.15, -0.1) is 0 Å². The van der Waals surface area contributed by atoms with Gasteiger partial charge in [-0.2, -0.15) is 9.46 Å². The lowest BCUT2D eigenvalue weighted by Gasteiger charge is -2.07. The Bertz CT molecular complexity index is 737. The Labute approximate surface area is 123 Å². The van der Waals surface area contributed by atoms with Gasteiger partial charge in [0.2, 0.25) is 0 Å². The molecular formula is C12H10N4O6. The van der Waals surface area contributed by atoms with Gasteiger partial charge in [0.05, 0.1) is 9.85 Å². The Hall–Kier alpha value is -3.30. The molecule has 2 aromatic rings. The second kappa shape index (κ2) is 5.24. The molecule has 0 aromatic carbocycles. The van der Waals surface area contributed by atoms with Gasteiger partial charge < -0.3 is 10.4 Å². The molecule has 0 atom stereocenters. The Morgan fingerprint density at radius 1 is 0.818 bits per heavy atom. The van der Waals surface area contributed by atoms with E-state index in [2.05, 4.69) is 0 Å². The molecule has 0 amide bonds. The summed E-state index contributed by atoms with van der Waals surface area (Å²) in [6.45, 7) is 2.92. The molecule has 0 unspecified atom stereocenters. The number of pyridine rings is 2. The molecule has 22 heavy (non-hydrogen) atoms. The molecule has 2 aromatic heterocycles. The van der Waals surface area contributed by atoms with Gasteiger partial charge >= 0.3 is 22.8 Å². The summed E-state index contributed by atoms with van der Waals surface area (Å²) in [6.07, 6.45) is 2.01. The molecule has 0 aliphatic heterocycles. The normalized spacial score (nSPS) is 10.5. The number of nitrogens with zero attached hydrogens (tertiary/aromatic N) is 4. The van der Waals surface area contributed by atoms with E-state index >= 15 is 0 Å². The molecule has 10 nitrogen and oxygen atoms in total. The lowest BCUT2D eigenvalue weighted by molar-refractivity contribution is -0.630. The standard InChI is InChI=1S/C12H10N4O6/c1-7-3-9(15(19)20)11(13(17)5-7)12-10(16(21)22)4-8(2)6-14(12)18/h3-6H,1-2H3. The first-order valence-corrected chi connectivity index (χ1v) is 5.99. The van der Waals surface area contributed by atoms with Crippen LogP contribution in [0.1, 0.15) is 11.1 Å². The van der Waals surface area contributed by atoms with Crippen LogP contribution in [0.25, 0.3) is 11.4 Å². The van der Waals surface area contributed by atoms with E-state index < -0.39 is 32.6 Å². The van der Waals surface area contributed by atoms with Crippen LogP contribution in [0.3, 0.4) is 0 Å². The van der Waals surface area contributed by atoms with E-state index in [1.54, 1.807) is 0 Å². The molecule has 0 spiro atoms. The van der Waals surface area contributed by atoms with Crippen LogP contribution in [0.5, 0.6) is 0 Å². The Balaban J connectivity index is 2.94. The number of nitro groups is 2. The minimum Gasteiger partial charge on any atom is -0.618 e. The summed E-state index contributed by atoms with van der Waals surface area (Å²) < 4.78 is 0.194. The predicted octanol–water partition coefficient (Wildman–Crippen LogP) is 1.05. The molecule has 0 aliphatic rings. The lowest BCUT2D eigenvalue weighted by Crippen LogP contribution is -2.38. The number of rotatable bonds is 3. The summed E-state index contributed by atoms with van der Waals surface area (Å²) in [5.74, 6) is 0. The average molecular weight is 306 g/mol. The van der Waals surface area contributed by atoms with Gasteiger partial charge in [-0.3, -0.25) is 20.2 Å². The maximum Gasteiger partial charge on any atom is 0.375 e. The lowest BCUT2D eigenvalue weighted by atomic mass is 10.1. The minimum atomic E-state index is -0.861. The maximum atomic E-state index is 12.0. The number of aromatic nitrogens is 2. The predicted molar refractivity (Wildman–Crippen MR) is 72.6 cm³/mol. The van der Waals surface area contributed by atoms with Gasteiger partial charge in [-0.05, 0) is 13.8 Å². The third-order valence-electron chi connectivity index (χ3n) is 2.91. The van der Waals surface area contributed by atoms with Crippen molar-refractivity contribution in [3.63, 3.8) is 0 Å². The van der Waals surface area contributed by atoms with Crippen molar-refractivity contribution in [2.45, 2.75) is 13.8 Å². The fraction of sp³-hybridized carbons (Fsp3) is 0.167. The third kappa shape index (κ3) is 2.49. The Morgan fingerprint density at radius 3 is 1.41 bits per heavy atom. The summed E-state index contributed by atoms with van der Waals surface area (Å²) in [7, 11) is 0. The zero-order chi connectivity index (χ0) is 16.6. The van der Waals surface area contributed by atoms with E-state index in [0.29, 0.717) is 0 Å². The van der Waals surface area contributed by atoms with Crippen LogP contribution in [-0.4, -0.2) is 9.85 Å². The van der Waals surface area contributed by atoms with Crippen LogP contribution in [-0.2, 0) is 0 Å². The van der Waals surface area contributed by atoms with Crippen molar-refractivity contribution in [2.75, 3.05) is 0 Å². The molecular weight excluding hydrogens is 296 g/mol. The van der Waals surface area contributed by atoms with Crippen LogP contribution >= 0.6 is 0 Å². The van der Waals surface area contributed by atoms with E-state index in [1.165, 1.54) is 13.8 Å². The van der Waals surface area contributed by atoms with Gasteiger partial charge in [0.25, 0.3) is 0 Å². The number of hydrogen-bond acceptors (Lipinski definition) is 6. The maximum absolute atomic E-state index is 12.0. The zero-order valence-electron chi connectivity index (χ0n) is 11.5. The molecule has 2 heterocycles. The van der Waals surface area contributed by atoms with Crippen molar-refractivity contribution in [1.82, 2.24) is 0 Å². The first-order chi connectivity index (χ1) is 10.2. The Morgan fingerprint density at radius 2 is 1.14 bits per heavy atom. The topological polar surface area (TPSA) is 140 Å². The van der Waals surface area contributed by atoms with Crippen LogP contribution in [0, 0.1) is 44.5 Å². The first kappa shape index (κ1) is 15.1. The van der Waals surface area contributed by atoms with Gasteiger partial charge in [0.15, 0.2) is 12.4 Å². The fourth-order valence-corrected chi connectivity index (χ4v) is 2.10. The van der Waals surface area contributed by atoms with Crippen molar-refractivity contribution in [3.05, 3.63) is 66.3 Å². The average Bonchev–Trinajstić information content (AvgIpc) is 2.38. The Kier molecular flexibility index (Phi) is 3.59. The highest BCUT2D eigenvalue weighted by molar-refractivity contribution is 5.69. The SMILES string of the molecule is Cc1cc([N+](=O)[O-])c(-c2c([N+](=O)[O-])cc(C)c[n+]2[O-])[n+]([O-])c1. The van der Waals surface area contributed by atoms with Crippen molar-refractivity contribution >= 4 is 11.4 Å². The molecule has 0 saturated heterocycles. The molecule has 114 valence electrons. The molecule has 0 fully saturated rings. The monoisotopic (exact) mass is 306 g/mol. The first-order valence-electron chi connectivity index (χ1n) is 5.99. The van der Waals surface area contributed by atoms with Gasteiger partial charge in [0.1, 0.15) is 0 Å². The molecule has 10 heteroatoms. The van der Waals surface area contributed by atoms with Crippen molar-refractivity contribution in [1.29, 1.82) is 0 Å². The molecule has 0 saturated carbocycles. The molecule has 0 aliphatic carbocycles. The third-order valence-corrected chi connectivity index (χ3v) is 2.91. The molecule has 0 radical (unpaired) electrons. The summed E-state index contributed by atoms with van der Waals surface area (Å²) in [4.78, 5) is 20.5. The van der Waals surface area contributed by atoms with Crippen LogP contribution in [0.2, 0.25) is 0 Å². The van der Waals surface area contributed by atoms with Crippen LogP contribution in [0.15, 0.2) is 24.5 Å². The quantitative estimate of drug-likeness (QED) is 0.359. The summed E-state index contributed by atoms with van der Waals surface area (Å²) in [5, 5.41) is 46.3. The summed E-state index contributed by atoms with van der Waals surface area (Å²) in [5.41, 5.74) is -2.11. The highest BCUT2D eigenvalue weighted by atomic mass is 16.6. The number of aryl methyl sites for hydroxylation is 2. The van der Waals surface area contributed by atoms with Crippen molar-refractivity contribution < 1.29 is 19.3 Å². The molecule has 0 bridgehead atoms. The largest absolute Gasteiger partial charge is 0.618 e. The van der Waals surface area contributed by atoms with E-state index in [0.717, 1.165) is 24.5 Å². The fourth-order valence-electron chi connectivity index (χ4n) is 2.10. The van der Waals surface area contributed by atoms with Gasteiger partial charge in [-0.1, -0.05) is 0 Å². The smallest absolute Gasteiger partial charge is 0.375 e. The zero-order valence-corrected chi connectivity index (χ0v) is 11.5. The molecule has 0 N–H and O–H groups in total. The highest BCUT2D eigenvalue weighted by Gasteiger charge is 2.39.